The Bertz CT molecular complexity index is 879. The summed E-state index contributed by atoms with van der Waals surface area (Å²) in [5, 5.41) is 3.65. The Labute approximate surface area is 155 Å². The molecule has 1 aliphatic heterocycles. The third kappa shape index (κ3) is 2.76. The number of hydrogen-bond donors (Lipinski definition) is 1. The SMILES string of the molecule is C1=CCC(c2ccc(NC3=CCCC4=C3C3C=CC=CC3O4)cc2)C=C1. The summed E-state index contributed by atoms with van der Waals surface area (Å²) in [6.07, 6.45) is 23.1. The van der Waals surface area contributed by atoms with Gasteiger partial charge < -0.3 is 10.1 Å². The summed E-state index contributed by atoms with van der Waals surface area (Å²) in [5.74, 6) is 2.00. The van der Waals surface area contributed by atoms with Crippen molar-refractivity contribution in [2.45, 2.75) is 31.3 Å². The van der Waals surface area contributed by atoms with Crippen LogP contribution < -0.4 is 5.32 Å². The third-order valence-corrected chi connectivity index (χ3v) is 5.60. The second-order valence-electron chi connectivity index (χ2n) is 7.27. The number of rotatable bonds is 3. The first-order valence-electron chi connectivity index (χ1n) is 9.54. The molecular formula is C24H23NO. The van der Waals surface area contributed by atoms with Gasteiger partial charge in [0.15, 0.2) is 0 Å². The Hall–Kier alpha value is -2.74. The van der Waals surface area contributed by atoms with Gasteiger partial charge in [0.25, 0.3) is 0 Å². The fourth-order valence-corrected chi connectivity index (χ4v) is 4.27. The molecule has 3 atom stereocenters. The third-order valence-electron chi connectivity index (χ3n) is 5.60. The van der Waals surface area contributed by atoms with Crippen molar-refractivity contribution in [2.75, 3.05) is 5.32 Å². The highest BCUT2D eigenvalue weighted by Crippen LogP contribution is 2.43. The molecule has 4 aliphatic rings. The molecule has 1 N–H and O–H groups in total. The van der Waals surface area contributed by atoms with Crippen LogP contribution in [0, 0.1) is 5.92 Å². The molecule has 1 heterocycles. The van der Waals surface area contributed by atoms with Gasteiger partial charge in [0, 0.05) is 35.2 Å². The Balaban J connectivity index is 1.35. The second-order valence-corrected chi connectivity index (χ2v) is 7.27. The molecule has 2 heteroatoms. The minimum absolute atomic E-state index is 0.168. The van der Waals surface area contributed by atoms with Crippen molar-refractivity contribution in [1.29, 1.82) is 0 Å². The van der Waals surface area contributed by atoms with Crippen LogP contribution in [-0.2, 0) is 4.74 Å². The largest absolute Gasteiger partial charge is 0.489 e. The van der Waals surface area contributed by atoms with Gasteiger partial charge in [-0.1, -0.05) is 60.7 Å². The monoisotopic (exact) mass is 341 g/mol. The van der Waals surface area contributed by atoms with Crippen LogP contribution in [0.1, 0.15) is 30.7 Å². The van der Waals surface area contributed by atoms with Crippen LogP contribution in [0.15, 0.2) is 96.0 Å². The molecule has 0 amide bonds. The zero-order chi connectivity index (χ0) is 17.3. The minimum atomic E-state index is 0.168. The number of allylic oxidation sites excluding steroid dienone is 9. The molecule has 0 spiro atoms. The molecule has 5 rings (SSSR count). The van der Waals surface area contributed by atoms with Crippen LogP contribution in [0.3, 0.4) is 0 Å². The molecule has 0 fully saturated rings. The van der Waals surface area contributed by atoms with E-state index < -0.39 is 0 Å². The van der Waals surface area contributed by atoms with E-state index in [1.807, 2.05) is 0 Å². The van der Waals surface area contributed by atoms with Crippen molar-refractivity contribution in [3.05, 3.63) is 102 Å². The Morgan fingerprint density at radius 1 is 0.923 bits per heavy atom. The molecule has 0 radical (unpaired) electrons. The lowest BCUT2D eigenvalue weighted by atomic mass is 9.86. The molecule has 130 valence electrons. The van der Waals surface area contributed by atoms with Crippen molar-refractivity contribution >= 4 is 5.69 Å². The zero-order valence-electron chi connectivity index (χ0n) is 14.8. The standard InChI is InChI=1S/C24H23NO/c1-2-7-17(8-3-1)18-13-15-19(16-14-18)25-21-10-6-12-23-24(21)20-9-4-5-11-22(20)26-23/h1-5,7,9-11,13-17,20,22,25H,6,8,12H2. The Morgan fingerprint density at radius 3 is 2.62 bits per heavy atom. The molecule has 0 bridgehead atoms. The van der Waals surface area contributed by atoms with Gasteiger partial charge >= 0.3 is 0 Å². The van der Waals surface area contributed by atoms with Gasteiger partial charge in [0.1, 0.15) is 11.9 Å². The van der Waals surface area contributed by atoms with Crippen molar-refractivity contribution in [3.63, 3.8) is 0 Å². The Morgan fingerprint density at radius 2 is 1.77 bits per heavy atom. The van der Waals surface area contributed by atoms with E-state index in [4.69, 9.17) is 4.74 Å². The van der Waals surface area contributed by atoms with E-state index in [2.05, 4.69) is 84.3 Å². The predicted molar refractivity (Wildman–Crippen MR) is 107 cm³/mol. The van der Waals surface area contributed by atoms with Crippen LogP contribution >= 0.6 is 0 Å². The van der Waals surface area contributed by atoms with Gasteiger partial charge in [-0.05, 0) is 36.6 Å². The number of hydrogen-bond acceptors (Lipinski definition) is 2. The number of nitrogens with one attached hydrogen (secondary N) is 1. The summed E-state index contributed by atoms with van der Waals surface area (Å²) in [5.41, 5.74) is 5.07. The van der Waals surface area contributed by atoms with E-state index in [9.17, 15) is 0 Å². The van der Waals surface area contributed by atoms with Gasteiger partial charge in [0.05, 0.1) is 0 Å². The van der Waals surface area contributed by atoms with E-state index in [0.717, 1.165) is 30.7 Å². The molecule has 1 aromatic rings. The van der Waals surface area contributed by atoms with E-state index in [-0.39, 0.29) is 6.10 Å². The molecule has 2 nitrogen and oxygen atoms in total. The number of benzene rings is 1. The topological polar surface area (TPSA) is 21.3 Å². The Kier molecular flexibility index (Phi) is 3.89. The summed E-state index contributed by atoms with van der Waals surface area (Å²) in [4.78, 5) is 0. The molecule has 0 saturated heterocycles. The van der Waals surface area contributed by atoms with Crippen LogP contribution in [0.25, 0.3) is 0 Å². The molecule has 3 unspecified atom stereocenters. The van der Waals surface area contributed by atoms with E-state index >= 15 is 0 Å². The lowest BCUT2D eigenvalue weighted by Crippen LogP contribution is -2.18. The molecule has 1 aromatic carbocycles. The fraction of sp³-hybridized carbons (Fsp3) is 0.250. The lowest BCUT2D eigenvalue weighted by molar-refractivity contribution is 0.158. The average molecular weight is 341 g/mol. The van der Waals surface area contributed by atoms with Crippen LogP contribution in [0.4, 0.5) is 5.69 Å². The molecule has 0 aromatic heterocycles. The first kappa shape index (κ1) is 15.5. The maximum absolute atomic E-state index is 6.18. The van der Waals surface area contributed by atoms with Gasteiger partial charge in [-0.2, -0.15) is 0 Å². The van der Waals surface area contributed by atoms with E-state index in [1.165, 1.54) is 16.8 Å². The van der Waals surface area contributed by atoms with Crippen molar-refractivity contribution < 1.29 is 4.74 Å². The number of anilines is 1. The van der Waals surface area contributed by atoms with Crippen molar-refractivity contribution in [2.24, 2.45) is 5.92 Å². The first-order chi connectivity index (χ1) is 12.9. The zero-order valence-corrected chi connectivity index (χ0v) is 14.8. The summed E-state index contributed by atoms with van der Waals surface area (Å²) in [6.45, 7) is 0. The fourth-order valence-electron chi connectivity index (χ4n) is 4.27. The van der Waals surface area contributed by atoms with Gasteiger partial charge in [0.2, 0.25) is 0 Å². The normalized spacial score (nSPS) is 28.5. The summed E-state index contributed by atoms with van der Waals surface area (Å²) in [6, 6.07) is 8.88. The highest BCUT2D eigenvalue weighted by Gasteiger charge is 2.37. The molecular weight excluding hydrogens is 318 g/mol. The van der Waals surface area contributed by atoms with Crippen LogP contribution in [0.2, 0.25) is 0 Å². The van der Waals surface area contributed by atoms with Crippen molar-refractivity contribution in [1.82, 2.24) is 0 Å². The molecule has 26 heavy (non-hydrogen) atoms. The van der Waals surface area contributed by atoms with Gasteiger partial charge in [-0.15, -0.1) is 0 Å². The quantitative estimate of drug-likeness (QED) is 0.753. The maximum Gasteiger partial charge on any atom is 0.127 e. The van der Waals surface area contributed by atoms with Gasteiger partial charge in [-0.3, -0.25) is 0 Å². The summed E-state index contributed by atoms with van der Waals surface area (Å²) < 4.78 is 6.18. The predicted octanol–water partition coefficient (Wildman–Crippen LogP) is 5.77. The molecule has 3 aliphatic carbocycles. The van der Waals surface area contributed by atoms with E-state index in [1.54, 1.807) is 0 Å². The number of ether oxygens (including phenoxy) is 1. The van der Waals surface area contributed by atoms with Crippen LogP contribution in [0.5, 0.6) is 0 Å². The highest BCUT2D eigenvalue weighted by molar-refractivity contribution is 5.58. The maximum atomic E-state index is 6.18. The second kappa shape index (κ2) is 6.53. The van der Waals surface area contributed by atoms with E-state index in [0.29, 0.717) is 11.8 Å². The van der Waals surface area contributed by atoms with Gasteiger partial charge in [-0.25, -0.2) is 0 Å². The minimum Gasteiger partial charge on any atom is -0.489 e. The highest BCUT2D eigenvalue weighted by atomic mass is 16.5. The summed E-state index contributed by atoms with van der Waals surface area (Å²) in [7, 11) is 0. The van der Waals surface area contributed by atoms with Crippen molar-refractivity contribution in [3.8, 4) is 0 Å². The lowest BCUT2D eigenvalue weighted by Gasteiger charge is -2.21. The average Bonchev–Trinajstić information content (AvgIpc) is 3.09. The summed E-state index contributed by atoms with van der Waals surface area (Å²) >= 11 is 0. The molecule has 0 saturated carbocycles. The van der Waals surface area contributed by atoms with Crippen LogP contribution in [-0.4, -0.2) is 6.10 Å². The first-order valence-corrected chi connectivity index (χ1v) is 9.54. The smallest absolute Gasteiger partial charge is 0.127 e. The number of fused-ring (bicyclic) bond motifs is 2.